The van der Waals surface area contributed by atoms with Gasteiger partial charge >= 0.3 is 5.97 Å². The van der Waals surface area contributed by atoms with Crippen molar-refractivity contribution in [2.24, 2.45) is 0 Å². The normalized spacial score (nSPS) is 10.3. The lowest BCUT2D eigenvalue weighted by Gasteiger charge is -2.11. The summed E-state index contributed by atoms with van der Waals surface area (Å²) in [6.07, 6.45) is 0. The second kappa shape index (κ2) is 5.47. The van der Waals surface area contributed by atoms with E-state index in [9.17, 15) is 14.7 Å². The number of carbonyl (C=O) groups excluding carboxylic acids is 1. The number of aryl methyl sites for hydroxylation is 2. The maximum Gasteiger partial charge on any atom is 0.336 e. The molecule has 1 amide bonds. The van der Waals surface area contributed by atoms with Crippen molar-refractivity contribution in [2.75, 3.05) is 0 Å². The number of aromatic nitrogens is 4. The first-order valence-electron chi connectivity index (χ1n) is 5.84. The van der Waals surface area contributed by atoms with Crippen LogP contribution in [0.25, 0.3) is 0 Å². The van der Waals surface area contributed by atoms with Crippen molar-refractivity contribution in [1.82, 2.24) is 25.9 Å². The van der Waals surface area contributed by atoms with E-state index in [2.05, 4.69) is 25.9 Å². The molecular weight excluding hydrogens is 262 g/mol. The molecule has 0 saturated heterocycles. The van der Waals surface area contributed by atoms with E-state index in [0.717, 1.165) is 0 Å². The average molecular weight is 275 g/mol. The van der Waals surface area contributed by atoms with Gasteiger partial charge in [-0.05, 0) is 25.0 Å². The van der Waals surface area contributed by atoms with Crippen LogP contribution >= 0.6 is 0 Å². The van der Waals surface area contributed by atoms with E-state index in [0.29, 0.717) is 17.0 Å². The monoisotopic (exact) mass is 275 g/mol. The molecule has 0 aliphatic carbocycles. The summed E-state index contributed by atoms with van der Waals surface area (Å²) in [6.45, 7) is 3.41. The first-order chi connectivity index (χ1) is 9.50. The fourth-order valence-electron chi connectivity index (χ4n) is 1.88. The van der Waals surface area contributed by atoms with Crippen LogP contribution in [0.1, 0.15) is 37.7 Å². The van der Waals surface area contributed by atoms with Gasteiger partial charge in [-0.25, -0.2) is 4.79 Å². The molecule has 20 heavy (non-hydrogen) atoms. The minimum atomic E-state index is -1.13. The highest BCUT2D eigenvalue weighted by molar-refractivity contribution is 6.06. The SMILES string of the molecule is Cc1ccc(C)c(C(=O)NCc2nn[nH]n2)c1C(=O)O. The molecule has 0 aliphatic heterocycles. The molecule has 104 valence electrons. The number of tetrazole rings is 1. The van der Waals surface area contributed by atoms with Crippen molar-refractivity contribution >= 4 is 11.9 Å². The van der Waals surface area contributed by atoms with Gasteiger partial charge in [0.05, 0.1) is 17.7 Å². The standard InChI is InChI=1S/C12H13N5O3/c1-6-3-4-7(2)10(12(19)20)9(6)11(18)13-5-8-14-16-17-15-8/h3-4H,5H2,1-2H3,(H,13,18)(H,19,20)(H,14,15,16,17). The number of carbonyl (C=O) groups is 2. The largest absolute Gasteiger partial charge is 0.478 e. The van der Waals surface area contributed by atoms with Crippen LogP contribution in [0.2, 0.25) is 0 Å². The number of hydrogen-bond donors (Lipinski definition) is 3. The molecular formula is C12H13N5O3. The lowest BCUT2D eigenvalue weighted by molar-refractivity contribution is 0.0690. The quantitative estimate of drug-likeness (QED) is 0.744. The van der Waals surface area contributed by atoms with Crippen LogP contribution in [0.5, 0.6) is 0 Å². The van der Waals surface area contributed by atoms with Gasteiger partial charge in [-0.3, -0.25) is 4.79 Å². The predicted molar refractivity (Wildman–Crippen MR) is 68.2 cm³/mol. The Labute approximate surface area is 114 Å². The smallest absolute Gasteiger partial charge is 0.336 e. The Bertz CT molecular complexity index is 651. The molecule has 8 heteroatoms. The first kappa shape index (κ1) is 13.7. The van der Waals surface area contributed by atoms with Gasteiger partial charge in [-0.1, -0.05) is 17.3 Å². The lowest BCUT2D eigenvalue weighted by atomic mass is 9.96. The highest BCUT2D eigenvalue weighted by Gasteiger charge is 2.21. The lowest BCUT2D eigenvalue weighted by Crippen LogP contribution is -2.27. The number of nitrogens with zero attached hydrogens (tertiary/aromatic N) is 3. The van der Waals surface area contributed by atoms with E-state index in [-0.39, 0.29) is 17.7 Å². The third-order valence-corrected chi connectivity index (χ3v) is 2.86. The number of aromatic carboxylic acids is 1. The number of amides is 1. The molecule has 0 radical (unpaired) electrons. The Balaban J connectivity index is 2.29. The summed E-state index contributed by atoms with van der Waals surface area (Å²) < 4.78 is 0. The number of hydrogen-bond acceptors (Lipinski definition) is 5. The first-order valence-corrected chi connectivity index (χ1v) is 5.84. The van der Waals surface area contributed by atoms with Gasteiger partial charge < -0.3 is 10.4 Å². The van der Waals surface area contributed by atoms with E-state index >= 15 is 0 Å². The molecule has 8 nitrogen and oxygen atoms in total. The van der Waals surface area contributed by atoms with Crippen LogP contribution in [0.15, 0.2) is 12.1 Å². The third kappa shape index (κ3) is 2.63. The van der Waals surface area contributed by atoms with E-state index in [1.807, 2.05) is 0 Å². The topological polar surface area (TPSA) is 121 Å². The molecule has 0 unspecified atom stereocenters. The molecule has 0 atom stereocenters. The Morgan fingerprint density at radius 3 is 2.45 bits per heavy atom. The molecule has 0 aliphatic rings. The van der Waals surface area contributed by atoms with Crippen LogP contribution < -0.4 is 5.32 Å². The zero-order chi connectivity index (χ0) is 14.7. The maximum atomic E-state index is 12.2. The van der Waals surface area contributed by atoms with Gasteiger partial charge in [0.2, 0.25) is 0 Å². The fraction of sp³-hybridized carbons (Fsp3) is 0.250. The maximum absolute atomic E-state index is 12.2. The van der Waals surface area contributed by atoms with Crippen molar-refractivity contribution in [3.8, 4) is 0 Å². The minimum Gasteiger partial charge on any atom is -0.478 e. The summed E-state index contributed by atoms with van der Waals surface area (Å²) in [4.78, 5) is 23.5. The number of benzene rings is 1. The summed E-state index contributed by atoms with van der Waals surface area (Å²) in [5, 5.41) is 24.9. The molecule has 0 bridgehead atoms. The van der Waals surface area contributed by atoms with Gasteiger partial charge in [-0.2, -0.15) is 5.21 Å². The summed E-state index contributed by atoms with van der Waals surface area (Å²) in [5.74, 6) is -1.29. The van der Waals surface area contributed by atoms with Crippen LogP contribution in [0, 0.1) is 13.8 Å². The highest BCUT2D eigenvalue weighted by Crippen LogP contribution is 2.18. The number of rotatable bonds is 4. The van der Waals surface area contributed by atoms with Crippen molar-refractivity contribution in [3.05, 3.63) is 40.2 Å². The number of carboxylic acid groups (broad SMARTS) is 1. The molecule has 2 aromatic rings. The van der Waals surface area contributed by atoms with Gasteiger partial charge in [0, 0.05) is 0 Å². The second-order valence-electron chi connectivity index (χ2n) is 4.27. The zero-order valence-electron chi connectivity index (χ0n) is 11.0. The highest BCUT2D eigenvalue weighted by atomic mass is 16.4. The van der Waals surface area contributed by atoms with Crippen molar-refractivity contribution in [3.63, 3.8) is 0 Å². The number of aromatic amines is 1. The van der Waals surface area contributed by atoms with Crippen LogP contribution in [-0.4, -0.2) is 37.6 Å². The third-order valence-electron chi connectivity index (χ3n) is 2.86. The van der Waals surface area contributed by atoms with Gasteiger partial charge in [0.25, 0.3) is 5.91 Å². The minimum absolute atomic E-state index is 0.00983. The molecule has 0 spiro atoms. The van der Waals surface area contributed by atoms with E-state index < -0.39 is 11.9 Å². The van der Waals surface area contributed by atoms with Crippen LogP contribution in [0.4, 0.5) is 0 Å². The number of H-pyrrole nitrogens is 1. The fourth-order valence-corrected chi connectivity index (χ4v) is 1.88. The summed E-state index contributed by atoms with van der Waals surface area (Å²) in [6, 6.07) is 3.39. The van der Waals surface area contributed by atoms with E-state index in [1.54, 1.807) is 26.0 Å². The Hall–Kier alpha value is -2.77. The second-order valence-corrected chi connectivity index (χ2v) is 4.27. The molecule has 0 fully saturated rings. The average Bonchev–Trinajstić information content (AvgIpc) is 2.91. The van der Waals surface area contributed by atoms with Gasteiger partial charge in [-0.15, -0.1) is 10.2 Å². The van der Waals surface area contributed by atoms with Gasteiger partial charge in [0.15, 0.2) is 5.82 Å². The van der Waals surface area contributed by atoms with E-state index in [1.165, 1.54) is 0 Å². The summed E-state index contributed by atoms with van der Waals surface area (Å²) in [7, 11) is 0. The molecule has 1 heterocycles. The summed E-state index contributed by atoms with van der Waals surface area (Å²) in [5.41, 5.74) is 1.29. The molecule has 1 aromatic carbocycles. The Morgan fingerprint density at radius 1 is 1.25 bits per heavy atom. The molecule has 1 aromatic heterocycles. The molecule has 3 N–H and O–H groups in total. The van der Waals surface area contributed by atoms with Crippen LogP contribution in [-0.2, 0) is 6.54 Å². The predicted octanol–water partition coefficient (Wildman–Crippen LogP) is 0.445. The van der Waals surface area contributed by atoms with Crippen molar-refractivity contribution in [2.45, 2.75) is 20.4 Å². The molecule has 0 saturated carbocycles. The van der Waals surface area contributed by atoms with E-state index in [4.69, 9.17) is 0 Å². The van der Waals surface area contributed by atoms with Gasteiger partial charge in [0.1, 0.15) is 0 Å². The summed E-state index contributed by atoms with van der Waals surface area (Å²) >= 11 is 0. The van der Waals surface area contributed by atoms with Crippen molar-refractivity contribution in [1.29, 1.82) is 0 Å². The Morgan fingerprint density at radius 2 is 1.90 bits per heavy atom. The zero-order valence-corrected chi connectivity index (χ0v) is 11.0. The molecule has 2 rings (SSSR count). The Kier molecular flexibility index (Phi) is 3.74. The van der Waals surface area contributed by atoms with Crippen LogP contribution in [0.3, 0.4) is 0 Å². The number of nitrogens with one attached hydrogen (secondary N) is 2. The van der Waals surface area contributed by atoms with Crippen molar-refractivity contribution < 1.29 is 14.7 Å². The number of carboxylic acids is 1.